The molecule has 2 aromatic rings. The number of benzene rings is 1. The van der Waals surface area contributed by atoms with Crippen LogP contribution >= 0.6 is 0 Å². The highest BCUT2D eigenvalue weighted by molar-refractivity contribution is 7.88. The zero-order chi connectivity index (χ0) is 16.4. The van der Waals surface area contributed by atoms with E-state index in [2.05, 4.69) is 4.98 Å². The third kappa shape index (κ3) is 3.23. The molecular weight excluding hydrogens is 316 g/mol. The second-order valence-corrected chi connectivity index (χ2v) is 7.67. The first kappa shape index (κ1) is 16.3. The molecule has 0 radical (unpaired) electrons. The van der Waals surface area contributed by atoms with Gasteiger partial charge in [-0.25, -0.2) is 8.42 Å². The minimum atomic E-state index is -3.56. The summed E-state index contributed by atoms with van der Waals surface area (Å²) in [5, 5.41) is 10.4. The SMILES string of the molecule is CO[C@H]1C[C@@H](CO)N(S(=O)(=O)Cc2cccc3cccnc23)C1. The van der Waals surface area contributed by atoms with Crippen LogP contribution in [-0.4, -0.2) is 55.2 Å². The predicted octanol–water partition coefficient (Wildman–Crippen LogP) is 1.15. The highest BCUT2D eigenvalue weighted by Crippen LogP contribution is 2.26. The van der Waals surface area contributed by atoms with Gasteiger partial charge < -0.3 is 9.84 Å². The number of nitrogens with zero attached hydrogens (tertiary/aromatic N) is 2. The summed E-state index contributed by atoms with van der Waals surface area (Å²) in [5.41, 5.74) is 1.36. The third-order valence-electron chi connectivity index (χ3n) is 4.28. The van der Waals surface area contributed by atoms with E-state index in [1.165, 1.54) is 4.31 Å². The number of fused-ring (bicyclic) bond motifs is 1. The zero-order valence-electron chi connectivity index (χ0n) is 12.9. The van der Waals surface area contributed by atoms with E-state index >= 15 is 0 Å². The number of aliphatic hydroxyl groups excluding tert-OH is 1. The number of ether oxygens (including phenoxy) is 1. The molecule has 7 heteroatoms. The van der Waals surface area contributed by atoms with Crippen LogP contribution in [0.3, 0.4) is 0 Å². The largest absolute Gasteiger partial charge is 0.395 e. The van der Waals surface area contributed by atoms with Gasteiger partial charge in [0.25, 0.3) is 0 Å². The minimum absolute atomic E-state index is 0.131. The average Bonchev–Trinajstić information content (AvgIpc) is 2.99. The molecule has 0 unspecified atom stereocenters. The fourth-order valence-electron chi connectivity index (χ4n) is 3.09. The molecule has 0 saturated carbocycles. The van der Waals surface area contributed by atoms with Crippen molar-refractivity contribution >= 4 is 20.9 Å². The Labute approximate surface area is 135 Å². The van der Waals surface area contributed by atoms with Crippen LogP contribution in [0.25, 0.3) is 10.9 Å². The topological polar surface area (TPSA) is 79.7 Å². The first-order valence-corrected chi connectivity index (χ1v) is 9.12. The van der Waals surface area contributed by atoms with Crippen molar-refractivity contribution in [1.82, 2.24) is 9.29 Å². The first-order valence-electron chi connectivity index (χ1n) is 7.51. The second kappa shape index (κ2) is 6.52. The van der Waals surface area contributed by atoms with Gasteiger partial charge in [-0.05, 0) is 18.1 Å². The lowest BCUT2D eigenvalue weighted by Gasteiger charge is -2.22. The molecule has 23 heavy (non-hydrogen) atoms. The average molecular weight is 336 g/mol. The molecule has 2 heterocycles. The fourth-order valence-corrected chi connectivity index (χ4v) is 4.88. The van der Waals surface area contributed by atoms with Crippen LogP contribution < -0.4 is 0 Å². The van der Waals surface area contributed by atoms with Crippen molar-refractivity contribution in [3.63, 3.8) is 0 Å². The van der Waals surface area contributed by atoms with Crippen LogP contribution in [0.15, 0.2) is 36.5 Å². The molecule has 0 spiro atoms. The van der Waals surface area contributed by atoms with E-state index in [0.717, 1.165) is 5.39 Å². The Balaban J connectivity index is 1.91. The van der Waals surface area contributed by atoms with Crippen molar-refractivity contribution < 1.29 is 18.3 Å². The van der Waals surface area contributed by atoms with Crippen LogP contribution in [0.2, 0.25) is 0 Å². The van der Waals surface area contributed by atoms with E-state index < -0.39 is 16.1 Å². The Kier molecular flexibility index (Phi) is 4.63. The van der Waals surface area contributed by atoms with Crippen molar-refractivity contribution in [2.24, 2.45) is 0 Å². The van der Waals surface area contributed by atoms with Crippen LogP contribution in [0.4, 0.5) is 0 Å². The zero-order valence-corrected chi connectivity index (χ0v) is 13.7. The lowest BCUT2D eigenvalue weighted by atomic mass is 10.1. The van der Waals surface area contributed by atoms with Crippen LogP contribution in [0.5, 0.6) is 0 Å². The number of aromatic nitrogens is 1. The summed E-state index contributed by atoms with van der Waals surface area (Å²) >= 11 is 0. The monoisotopic (exact) mass is 336 g/mol. The lowest BCUT2D eigenvalue weighted by Crippen LogP contribution is -2.38. The third-order valence-corrected chi connectivity index (χ3v) is 6.12. The van der Waals surface area contributed by atoms with Crippen molar-refractivity contribution in [2.75, 3.05) is 20.3 Å². The molecule has 1 fully saturated rings. The number of sulfonamides is 1. The Morgan fingerprint density at radius 3 is 2.87 bits per heavy atom. The smallest absolute Gasteiger partial charge is 0.218 e. The molecule has 1 aliphatic heterocycles. The summed E-state index contributed by atoms with van der Waals surface area (Å²) in [4.78, 5) is 4.31. The number of methoxy groups -OCH3 is 1. The summed E-state index contributed by atoms with van der Waals surface area (Å²) in [7, 11) is -2.00. The summed E-state index contributed by atoms with van der Waals surface area (Å²) < 4.78 is 32.2. The van der Waals surface area contributed by atoms with Gasteiger partial charge in [0.2, 0.25) is 10.0 Å². The molecule has 1 aromatic heterocycles. The Bertz CT molecular complexity index is 788. The van der Waals surface area contributed by atoms with Gasteiger partial charge in [0.15, 0.2) is 0 Å². The van der Waals surface area contributed by atoms with Crippen LogP contribution in [-0.2, 0) is 20.5 Å². The molecule has 6 nitrogen and oxygen atoms in total. The fraction of sp³-hybridized carbons (Fsp3) is 0.438. The second-order valence-electron chi connectivity index (χ2n) is 5.75. The minimum Gasteiger partial charge on any atom is -0.395 e. The molecule has 1 aliphatic rings. The van der Waals surface area contributed by atoms with E-state index in [4.69, 9.17) is 4.74 Å². The normalized spacial score (nSPS) is 22.7. The van der Waals surface area contributed by atoms with Crippen molar-refractivity contribution in [1.29, 1.82) is 0 Å². The quantitative estimate of drug-likeness (QED) is 0.886. The summed E-state index contributed by atoms with van der Waals surface area (Å²) in [5.74, 6) is -0.131. The number of rotatable bonds is 5. The molecule has 0 amide bonds. The standard InChI is InChI=1S/C16H20N2O4S/c1-22-15-8-14(10-19)18(9-15)23(20,21)11-13-5-2-4-12-6-3-7-17-16(12)13/h2-7,14-15,19H,8-11H2,1H3/t14-,15-/m0/s1. The molecule has 2 atom stereocenters. The van der Waals surface area contributed by atoms with Gasteiger partial charge in [0.05, 0.1) is 30.0 Å². The molecule has 1 N–H and O–H groups in total. The maximum absolute atomic E-state index is 12.8. The lowest BCUT2D eigenvalue weighted by molar-refractivity contribution is 0.113. The van der Waals surface area contributed by atoms with E-state index in [1.54, 1.807) is 19.4 Å². The Morgan fingerprint density at radius 1 is 1.35 bits per heavy atom. The van der Waals surface area contributed by atoms with Crippen LogP contribution in [0, 0.1) is 0 Å². The van der Waals surface area contributed by atoms with Gasteiger partial charge in [0, 0.05) is 25.2 Å². The van der Waals surface area contributed by atoms with E-state index in [1.807, 2.05) is 24.3 Å². The van der Waals surface area contributed by atoms with Crippen molar-refractivity contribution in [2.45, 2.75) is 24.3 Å². The van der Waals surface area contributed by atoms with Gasteiger partial charge in [-0.1, -0.05) is 24.3 Å². The van der Waals surface area contributed by atoms with Crippen molar-refractivity contribution in [3.05, 3.63) is 42.1 Å². The van der Waals surface area contributed by atoms with E-state index in [9.17, 15) is 13.5 Å². The number of hydrogen-bond acceptors (Lipinski definition) is 5. The first-order chi connectivity index (χ1) is 11.0. The number of para-hydroxylation sites is 1. The molecule has 0 bridgehead atoms. The molecule has 3 rings (SSSR count). The maximum Gasteiger partial charge on any atom is 0.218 e. The summed E-state index contributed by atoms with van der Waals surface area (Å²) in [6.45, 7) is 0.0785. The number of aliphatic hydroxyl groups is 1. The highest BCUT2D eigenvalue weighted by atomic mass is 32.2. The summed E-state index contributed by atoms with van der Waals surface area (Å²) in [6, 6.07) is 8.84. The molecule has 0 aliphatic carbocycles. The van der Waals surface area contributed by atoms with Gasteiger partial charge in [0.1, 0.15) is 0 Å². The van der Waals surface area contributed by atoms with Gasteiger partial charge in [-0.2, -0.15) is 4.31 Å². The van der Waals surface area contributed by atoms with Gasteiger partial charge in [-0.3, -0.25) is 4.98 Å². The Hall–Kier alpha value is -1.54. The van der Waals surface area contributed by atoms with Crippen molar-refractivity contribution in [3.8, 4) is 0 Å². The molecule has 1 aromatic carbocycles. The molecular formula is C16H20N2O4S. The number of pyridine rings is 1. The Morgan fingerprint density at radius 2 is 2.13 bits per heavy atom. The number of hydrogen-bond donors (Lipinski definition) is 1. The molecule has 124 valence electrons. The highest BCUT2D eigenvalue weighted by Gasteiger charge is 2.39. The van der Waals surface area contributed by atoms with E-state index in [0.29, 0.717) is 17.5 Å². The predicted molar refractivity (Wildman–Crippen MR) is 87.4 cm³/mol. The van der Waals surface area contributed by atoms with Gasteiger partial charge >= 0.3 is 0 Å². The maximum atomic E-state index is 12.8. The van der Waals surface area contributed by atoms with Crippen LogP contribution in [0.1, 0.15) is 12.0 Å². The molecule has 1 saturated heterocycles. The van der Waals surface area contributed by atoms with E-state index in [-0.39, 0.29) is 25.0 Å². The summed E-state index contributed by atoms with van der Waals surface area (Å²) in [6.07, 6.45) is 2.00. The van der Waals surface area contributed by atoms with Gasteiger partial charge in [-0.15, -0.1) is 0 Å².